The van der Waals surface area contributed by atoms with Crippen LogP contribution >= 0.6 is 0 Å². The maximum absolute atomic E-state index is 8.99. The van der Waals surface area contributed by atoms with Crippen molar-refractivity contribution in [1.82, 2.24) is 4.90 Å². The molecule has 1 aliphatic rings. The number of benzene rings is 1. The maximum atomic E-state index is 8.99. The second-order valence-corrected chi connectivity index (χ2v) is 6.47. The van der Waals surface area contributed by atoms with Gasteiger partial charge in [0.25, 0.3) is 0 Å². The molecular weight excluding hydrogens is 308 g/mol. The summed E-state index contributed by atoms with van der Waals surface area (Å²) < 4.78 is 0. The van der Waals surface area contributed by atoms with E-state index in [2.05, 4.69) is 31.1 Å². The minimum Gasteiger partial charge on any atom is -0.370 e. The largest absolute Gasteiger partial charge is 0.370 e. The van der Waals surface area contributed by atoms with Crippen molar-refractivity contribution in [2.45, 2.75) is 25.8 Å². The van der Waals surface area contributed by atoms with Gasteiger partial charge in [0, 0.05) is 19.2 Å². The van der Waals surface area contributed by atoms with Crippen LogP contribution in [0.5, 0.6) is 0 Å². The molecule has 0 aromatic heterocycles. The van der Waals surface area contributed by atoms with E-state index in [9.17, 15) is 0 Å². The van der Waals surface area contributed by atoms with Gasteiger partial charge < -0.3 is 10.6 Å². The van der Waals surface area contributed by atoms with E-state index in [0.717, 1.165) is 28.8 Å². The lowest BCUT2D eigenvalue weighted by Gasteiger charge is -2.36. The Kier molecular flexibility index (Phi) is 5.29. The van der Waals surface area contributed by atoms with Gasteiger partial charge >= 0.3 is 0 Å². The second kappa shape index (κ2) is 7.23. The molecule has 1 aliphatic heterocycles. The first-order valence-corrected chi connectivity index (χ1v) is 8.08. The van der Waals surface area contributed by atoms with Crippen LogP contribution in [0.3, 0.4) is 0 Å². The number of allylic oxidation sites excluding steroid dienone is 4. The van der Waals surface area contributed by atoms with Gasteiger partial charge in [-0.05, 0) is 42.7 Å². The highest BCUT2D eigenvalue weighted by Crippen LogP contribution is 2.32. The molecule has 4 heteroatoms. The fourth-order valence-corrected chi connectivity index (χ4v) is 2.65. The van der Waals surface area contributed by atoms with Crippen molar-refractivity contribution in [1.29, 1.82) is 5.26 Å². The SMILES string of the molecule is C=C(/C=C\C=C(/C)[C@]1(C)CC(=C)N(C)C(N)=N1)c1cccc(C#N)c1. The van der Waals surface area contributed by atoms with Crippen LogP contribution in [-0.2, 0) is 0 Å². The predicted molar refractivity (Wildman–Crippen MR) is 105 cm³/mol. The van der Waals surface area contributed by atoms with Crippen LogP contribution in [0, 0.1) is 11.3 Å². The van der Waals surface area contributed by atoms with Crippen molar-refractivity contribution in [2.24, 2.45) is 10.7 Å². The van der Waals surface area contributed by atoms with Crippen LogP contribution in [0.15, 0.2) is 71.9 Å². The first-order chi connectivity index (χ1) is 11.8. The number of rotatable bonds is 4. The van der Waals surface area contributed by atoms with Gasteiger partial charge in [0.1, 0.15) is 0 Å². The average molecular weight is 332 g/mol. The van der Waals surface area contributed by atoms with Crippen molar-refractivity contribution < 1.29 is 0 Å². The molecule has 0 aliphatic carbocycles. The zero-order chi connectivity index (χ0) is 18.6. The van der Waals surface area contributed by atoms with Crippen molar-refractivity contribution >= 4 is 11.5 Å². The molecule has 0 fully saturated rings. The molecule has 0 bridgehead atoms. The summed E-state index contributed by atoms with van der Waals surface area (Å²) in [5, 5.41) is 8.99. The lowest BCUT2D eigenvalue weighted by atomic mass is 9.87. The van der Waals surface area contributed by atoms with E-state index in [1.54, 1.807) is 6.07 Å². The summed E-state index contributed by atoms with van der Waals surface area (Å²) in [7, 11) is 1.87. The van der Waals surface area contributed by atoms with Gasteiger partial charge in [-0.3, -0.25) is 0 Å². The maximum Gasteiger partial charge on any atom is 0.196 e. The Morgan fingerprint density at radius 3 is 2.84 bits per heavy atom. The Labute approximate surface area is 150 Å². The summed E-state index contributed by atoms with van der Waals surface area (Å²) in [6.45, 7) is 12.2. The number of nitrogens with two attached hydrogens (primary N) is 1. The second-order valence-electron chi connectivity index (χ2n) is 6.47. The third-order valence-corrected chi connectivity index (χ3v) is 4.58. The zero-order valence-electron chi connectivity index (χ0n) is 15.1. The lowest BCUT2D eigenvalue weighted by Crippen LogP contribution is -2.43. The summed E-state index contributed by atoms with van der Waals surface area (Å²) in [5.41, 5.74) is 10.1. The van der Waals surface area contributed by atoms with Crippen molar-refractivity contribution in [2.75, 3.05) is 7.05 Å². The van der Waals surface area contributed by atoms with Gasteiger partial charge in [0.05, 0.1) is 17.2 Å². The Morgan fingerprint density at radius 1 is 1.48 bits per heavy atom. The highest BCUT2D eigenvalue weighted by Gasteiger charge is 2.32. The van der Waals surface area contributed by atoms with E-state index >= 15 is 0 Å². The molecule has 0 spiro atoms. The van der Waals surface area contributed by atoms with E-state index in [-0.39, 0.29) is 5.54 Å². The molecule has 4 nitrogen and oxygen atoms in total. The molecule has 0 saturated carbocycles. The number of guanidine groups is 1. The van der Waals surface area contributed by atoms with Gasteiger partial charge in [-0.15, -0.1) is 0 Å². The molecule has 1 atom stereocenters. The van der Waals surface area contributed by atoms with E-state index in [1.165, 1.54) is 0 Å². The molecule has 1 heterocycles. The average Bonchev–Trinajstić information content (AvgIpc) is 2.59. The summed E-state index contributed by atoms with van der Waals surface area (Å²) in [5.74, 6) is 0.480. The van der Waals surface area contributed by atoms with E-state index in [4.69, 9.17) is 11.0 Å². The van der Waals surface area contributed by atoms with Crippen molar-refractivity contribution in [3.63, 3.8) is 0 Å². The Morgan fingerprint density at radius 2 is 2.20 bits per heavy atom. The third kappa shape index (κ3) is 4.07. The Bertz CT molecular complexity index is 836. The van der Waals surface area contributed by atoms with Crippen LogP contribution < -0.4 is 5.73 Å². The van der Waals surface area contributed by atoms with Gasteiger partial charge in [-0.1, -0.05) is 43.5 Å². The monoisotopic (exact) mass is 332 g/mol. The topological polar surface area (TPSA) is 65.4 Å². The minimum absolute atomic E-state index is 0.389. The van der Waals surface area contributed by atoms with Gasteiger partial charge in [-0.2, -0.15) is 5.26 Å². The molecule has 128 valence electrons. The molecule has 2 rings (SSSR count). The normalized spacial score (nSPS) is 21.2. The van der Waals surface area contributed by atoms with Gasteiger partial charge in [-0.25, -0.2) is 4.99 Å². The quantitative estimate of drug-likeness (QED) is 0.848. The molecule has 1 aromatic carbocycles. The zero-order valence-corrected chi connectivity index (χ0v) is 15.1. The molecule has 0 amide bonds. The minimum atomic E-state index is -0.389. The summed E-state index contributed by atoms with van der Waals surface area (Å²) >= 11 is 0. The van der Waals surface area contributed by atoms with Crippen LogP contribution in [0.4, 0.5) is 0 Å². The molecular formula is C21H24N4. The first kappa shape index (κ1) is 18.3. The predicted octanol–water partition coefficient (Wildman–Crippen LogP) is 4.00. The Hall–Kier alpha value is -3.06. The first-order valence-electron chi connectivity index (χ1n) is 8.08. The molecule has 1 aromatic rings. The number of nitriles is 1. The summed E-state index contributed by atoms with van der Waals surface area (Å²) in [6.07, 6.45) is 6.63. The number of nitrogens with zero attached hydrogens (tertiary/aromatic N) is 3. The van der Waals surface area contributed by atoms with E-state index in [0.29, 0.717) is 11.5 Å². The van der Waals surface area contributed by atoms with Gasteiger partial charge in [0.15, 0.2) is 5.96 Å². The van der Waals surface area contributed by atoms with E-state index in [1.807, 2.05) is 55.3 Å². The molecule has 0 saturated heterocycles. The summed E-state index contributed by atoms with van der Waals surface area (Å²) in [6, 6.07) is 9.55. The van der Waals surface area contributed by atoms with Crippen molar-refractivity contribution in [3.05, 3.63) is 78.0 Å². The number of aliphatic imine (C=N–C) groups is 1. The smallest absolute Gasteiger partial charge is 0.196 e. The fraction of sp³-hybridized carbons (Fsp3) is 0.238. The molecule has 0 unspecified atom stereocenters. The molecule has 2 N–H and O–H groups in total. The summed E-state index contributed by atoms with van der Waals surface area (Å²) in [4.78, 5) is 6.44. The van der Waals surface area contributed by atoms with Crippen LogP contribution in [-0.4, -0.2) is 23.4 Å². The molecule has 0 radical (unpaired) electrons. The van der Waals surface area contributed by atoms with Crippen LogP contribution in [0.1, 0.15) is 31.4 Å². The number of hydrogen-bond acceptors (Lipinski definition) is 4. The van der Waals surface area contributed by atoms with Gasteiger partial charge in [0.2, 0.25) is 0 Å². The van der Waals surface area contributed by atoms with Crippen LogP contribution in [0.2, 0.25) is 0 Å². The van der Waals surface area contributed by atoms with E-state index < -0.39 is 0 Å². The van der Waals surface area contributed by atoms with Crippen molar-refractivity contribution in [3.8, 4) is 6.07 Å². The lowest BCUT2D eigenvalue weighted by molar-refractivity contribution is 0.435. The third-order valence-electron chi connectivity index (χ3n) is 4.58. The Balaban J connectivity index is 2.17. The van der Waals surface area contributed by atoms with Crippen LogP contribution in [0.25, 0.3) is 5.57 Å². The fourth-order valence-electron chi connectivity index (χ4n) is 2.65. The highest BCUT2D eigenvalue weighted by atomic mass is 15.3. The number of hydrogen-bond donors (Lipinski definition) is 1. The highest BCUT2D eigenvalue weighted by molar-refractivity contribution is 5.81. The standard InChI is InChI=1S/C21H24N4/c1-15(19-11-7-10-18(12-19)14-22)8-6-9-16(2)21(4)13-17(3)25(5)20(23)24-21/h6-12H,1,3,13H2,2,4-5H3,(H2,23,24)/b8-6-,16-9+/t21-/m0/s1. The molecule has 25 heavy (non-hydrogen) atoms.